The lowest BCUT2D eigenvalue weighted by atomic mass is 10.2. The Balaban J connectivity index is 2.19. The van der Waals surface area contributed by atoms with Crippen molar-refractivity contribution in [3.05, 3.63) is 17.0 Å². The lowest BCUT2D eigenvalue weighted by molar-refractivity contribution is 0.466. The van der Waals surface area contributed by atoms with Crippen molar-refractivity contribution in [1.82, 2.24) is 9.62 Å². The molecule has 1 aromatic heterocycles. The van der Waals surface area contributed by atoms with Gasteiger partial charge in [-0.1, -0.05) is 6.92 Å². The Morgan fingerprint density at radius 3 is 2.88 bits per heavy atom. The molecule has 1 N–H and O–H groups in total. The van der Waals surface area contributed by atoms with E-state index in [0.29, 0.717) is 23.2 Å². The summed E-state index contributed by atoms with van der Waals surface area (Å²) in [6.07, 6.45) is 0.966. The molecule has 1 atom stereocenters. The number of hydrogen-bond acceptors (Lipinski definition) is 4. The van der Waals surface area contributed by atoms with E-state index in [1.54, 1.807) is 10.4 Å². The normalized spacial score (nSPS) is 22.1. The van der Waals surface area contributed by atoms with Crippen LogP contribution in [-0.4, -0.2) is 32.9 Å². The van der Waals surface area contributed by atoms with Crippen LogP contribution in [0.4, 0.5) is 0 Å². The van der Waals surface area contributed by atoms with E-state index in [1.807, 2.05) is 13.1 Å². The number of nitrogens with zero attached hydrogens (tertiary/aromatic N) is 1. The van der Waals surface area contributed by atoms with Gasteiger partial charge in [0.05, 0.1) is 0 Å². The maximum atomic E-state index is 12.3. The number of thiophene rings is 1. The Morgan fingerprint density at radius 2 is 2.29 bits per heavy atom. The van der Waals surface area contributed by atoms with Crippen LogP contribution in [0.3, 0.4) is 0 Å². The van der Waals surface area contributed by atoms with Crippen molar-refractivity contribution in [3.8, 4) is 0 Å². The van der Waals surface area contributed by atoms with Crippen LogP contribution in [0.25, 0.3) is 0 Å². The van der Waals surface area contributed by atoms with Crippen molar-refractivity contribution in [2.24, 2.45) is 5.92 Å². The minimum atomic E-state index is -3.25. The molecule has 0 amide bonds. The van der Waals surface area contributed by atoms with E-state index in [1.165, 1.54) is 11.3 Å². The number of rotatable bonds is 4. The summed E-state index contributed by atoms with van der Waals surface area (Å²) in [5, 5.41) is 3.03. The van der Waals surface area contributed by atoms with Crippen molar-refractivity contribution >= 4 is 21.4 Å². The molecule has 0 bridgehead atoms. The molecule has 6 heteroatoms. The van der Waals surface area contributed by atoms with Gasteiger partial charge in [0.15, 0.2) is 0 Å². The molecule has 1 aliphatic heterocycles. The molecule has 0 radical (unpaired) electrons. The van der Waals surface area contributed by atoms with Crippen molar-refractivity contribution < 1.29 is 8.42 Å². The Bertz CT molecular complexity index is 481. The van der Waals surface area contributed by atoms with E-state index in [0.717, 1.165) is 17.8 Å². The SMILES string of the molecule is CNCc1ccc(S(=O)(=O)N2CCC(C)C2)s1. The molecule has 1 unspecified atom stereocenters. The zero-order valence-corrected chi connectivity index (χ0v) is 11.8. The maximum absolute atomic E-state index is 12.3. The molecular weight excluding hydrogens is 256 g/mol. The molecule has 17 heavy (non-hydrogen) atoms. The molecular formula is C11H18N2O2S2. The fourth-order valence-electron chi connectivity index (χ4n) is 2.01. The van der Waals surface area contributed by atoms with Gasteiger partial charge in [-0.2, -0.15) is 4.31 Å². The molecule has 0 spiro atoms. The third-order valence-electron chi connectivity index (χ3n) is 2.97. The van der Waals surface area contributed by atoms with Crippen LogP contribution in [0.15, 0.2) is 16.3 Å². The van der Waals surface area contributed by atoms with Crippen molar-refractivity contribution in [2.75, 3.05) is 20.1 Å². The fourth-order valence-corrected chi connectivity index (χ4v) is 5.10. The summed E-state index contributed by atoms with van der Waals surface area (Å²) in [5.41, 5.74) is 0. The second-order valence-corrected chi connectivity index (χ2v) is 7.84. The first kappa shape index (κ1) is 13.0. The number of hydrogen-bond donors (Lipinski definition) is 1. The molecule has 1 fully saturated rings. The summed E-state index contributed by atoms with van der Waals surface area (Å²) in [6, 6.07) is 3.60. The van der Waals surface area contributed by atoms with E-state index in [-0.39, 0.29) is 0 Å². The van der Waals surface area contributed by atoms with Gasteiger partial charge in [0.2, 0.25) is 0 Å². The maximum Gasteiger partial charge on any atom is 0.252 e. The molecule has 1 aromatic rings. The van der Waals surface area contributed by atoms with Gasteiger partial charge < -0.3 is 5.32 Å². The van der Waals surface area contributed by atoms with Crippen molar-refractivity contribution in [1.29, 1.82) is 0 Å². The second kappa shape index (κ2) is 5.06. The zero-order chi connectivity index (χ0) is 12.5. The average molecular weight is 274 g/mol. The smallest absolute Gasteiger partial charge is 0.252 e. The van der Waals surface area contributed by atoms with Gasteiger partial charge in [-0.15, -0.1) is 11.3 Å². The fraction of sp³-hybridized carbons (Fsp3) is 0.636. The summed E-state index contributed by atoms with van der Waals surface area (Å²) in [4.78, 5) is 1.05. The molecule has 0 aliphatic carbocycles. The topological polar surface area (TPSA) is 49.4 Å². The first-order valence-electron chi connectivity index (χ1n) is 5.77. The van der Waals surface area contributed by atoms with Gasteiger partial charge in [0, 0.05) is 24.5 Å². The minimum absolute atomic E-state index is 0.469. The van der Waals surface area contributed by atoms with Gasteiger partial charge in [-0.3, -0.25) is 0 Å². The molecule has 2 rings (SSSR count). The van der Waals surface area contributed by atoms with Gasteiger partial charge >= 0.3 is 0 Å². The van der Waals surface area contributed by atoms with Crippen LogP contribution in [0.2, 0.25) is 0 Å². The molecule has 4 nitrogen and oxygen atoms in total. The highest BCUT2D eigenvalue weighted by Gasteiger charge is 2.31. The molecule has 2 heterocycles. The largest absolute Gasteiger partial charge is 0.315 e. The third-order valence-corrected chi connectivity index (χ3v) is 6.39. The zero-order valence-electron chi connectivity index (χ0n) is 10.1. The van der Waals surface area contributed by atoms with Crippen LogP contribution in [0, 0.1) is 5.92 Å². The Kier molecular flexibility index (Phi) is 3.87. The van der Waals surface area contributed by atoms with Crippen LogP contribution in [-0.2, 0) is 16.6 Å². The van der Waals surface area contributed by atoms with Gasteiger partial charge in [0.25, 0.3) is 10.0 Å². The lowest BCUT2D eigenvalue weighted by Crippen LogP contribution is -2.27. The average Bonchev–Trinajstić information content (AvgIpc) is 2.88. The van der Waals surface area contributed by atoms with Crippen LogP contribution < -0.4 is 5.32 Å². The van der Waals surface area contributed by atoms with E-state index in [9.17, 15) is 8.42 Å². The predicted molar refractivity (Wildman–Crippen MR) is 69.6 cm³/mol. The highest BCUT2D eigenvalue weighted by Crippen LogP contribution is 2.28. The summed E-state index contributed by atoms with van der Waals surface area (Å²) in [5.74, 6) is 0.474. The van der Waals surface area contributed by atoms with Crippen molar-refractivity contribution in [3.63, 3.8) is 0 Å². The quantitative estimate of drug-likeness (QED) is 0.905. The molecule has 1 aliphatic rings. The number of nitrogens with one attached hydrogen (secondary N) is 1. The standard InChI is InChI=1S/C11H18N2O2S2/c1-9-5-6-13(8-9)17(14,15)11-4-3-10(16-11)7-12-2/h3-4,9,12H,5-8H2,1-2H3. The number of sulfonamides is 1. The van der Waals surface area contributed by atoms with Crippen LogP contribution in [0.1, 0.15) is 18.2 Å². The minimum Gasteiger partial charge on any atom is -0.315 e. The van der Waals surface area contributed by atoms with Gasteiger partial charge in [-0.25, -0.2) is 8.42 Å². The predicted octanol–water partition coefficient (Wildman–Crippen LogP) is 1.50. The summed E-state index contributed by atoms with van der Waals surface area (Å²) < 4.78 is 26.7. The molecule has 0 saturated carbocycles. The highest BCUT2D eigenvalue weighted by atomic mass is 32.2. The first-order chi connectivity index (χ1) is 8.04. The van der Waals surface area contributed by atoms with Crippen LogP contribution in [0.5, 0.6) is 0 Å². The third kappa shape index (κ3) is 2.70. The van der Waals surface area contributed by atoms with Crippen molar-refractivity contribution in [2.45, 2.75) is 24.1 Å². The Hall–Kier alpha value is -0.430. The van der Waals surface area contributed by atoms with Gasteiger partial charge in [0.1, 0.15) is 4.21 Å². The first-order valence-corrected chi connectivity index (χ1v) is 8.03. The van der Waals surface area contributed by atoms with E-state index in [4.69, 9.17) is 0 Å². The Morgan fingerprint density at radius 1 is 1.53 bits per heavy atom. The highest BCUT2D eigenvalue weighted by molar-refractivity contribution is 7.91. The van der Waals surface area contributed by atoms with E-state index < -0.39 is 10.0 Å². The van der Waals surface area contributed by atoms with E-state index in [2.05, 4.69) is 12.2 Å². The molecule has 1 saturated heterocycles. The van der Waals surface area contributed by atoms with Crippen LogP contribution >= 0.6 is 11.3 Å². The summed E-state index contributed by atoms with van der Waals surface area (Å²) in [6.45, 7) is 4.12. The lowest BCUT2D eigenvalue weighted by Gasteiger charge is -2.14. The monoisotopic (exact) mass is 274 g/mol. The van der Waals surface area contributed by atoms with E-state index >= 15 is 0 Å². The second-order valence-electron chi connectivity index (χ2n) is 4.51. The molecule has 96 valence electrons. The van der Waals surface area contributed by atoms with Gasteiger partial charge in [-0.05, 0) is 31.5 Å². The molecule has 0 aromatic carbocycles. The Labute approximate surface area is 107 Å². The summed E-state index contributed by atoms with van der Waals surface area (Å²) in [7, 11) is -1.39. The summed E-state index contributed by atoms with van der Waals surface area (Å²) >= 11 is 1.36.